The normalized spacial score (nSPS) is 23.2. The molecular formula is C34H44N4O5. The largest absolute Gasteiger partial charge is 0.343 e. The molecule has 0 spiro atoms. The van der Waals surface area contributed by atoms with Crippen molar-refractivity contribution in [1.82, 2.24) is 20.9 Å². The highest BCUT2D eigenvalue weighted by atomic mass is 16.2. The summed E-state index contributed by atoms with van der Waals surface area (Å²) in [5.74, 6) is -1.30. The molecule has 4 rings (SSSR count). The average molecular weight is 589 g/mol. The maximum Gasteiger partial charge on any atom is 0.246 e. The predicted molar refractivity (Wildman–Crippen MR) is 164 cm³/mol. The van der Waals surface area contributed by atoms with Gasteiger partial charge in [0, 0.05) is 32.2 Å². The van der Waals surface area contributed by atoms with Gasteiger partial charge in [-0.2, -0.15) is 0 Å². The quantitative estimate of drug-likeness (QED) is 0.348. The van der Waals surface area contributed by atoms with Gasteiger partial charge in [0.1, 0.15) is 30.0 Å². The molecular weight excluding hydrogens is 544 g/mol. The topological polar surface area (TPSA) is 125 Å². The Balaban J connectivity index is 1.61. The van der Waals surface area contributed by atoms with Crippen LogP contribution in [0.3, 0.4) is 0 Å². The average Bonchev–Trinajstić information content (AvgIpc) is 3.03. The summed E-state index contributed by atoms with van der Waals surface area (Å²) in [6, 6.07) is 15.5. The molecule has 0 bridgehead atoms. The molecule has 0 aliphatic carbocycles. The van der Waals surface area contributed by atoms with Crippen molar-refractivity contribution in [1.29, 1.82) is 0 Å². The summed E-state index contributed by atoms with van der Waals surface area (Å²) in [5, 5.41) is 8.79. The van der Waals surface area contributed by atoms with E-state index in [2.05, 4.69) is 16.0 Å². The maximum atomic E-state index is 14.0. The lowest BCUT2D eigenvalue weighted by molar-refractivity contribution is -0.146. The number of carbonyl (C=O) groups is 5. The molecule has 2 fully saturated rings. The molecule has 4 amide bonds. The van der Waals surface area contributed by atoms with Crippen molar-refractivity contribution in [2.75, 3.05) is 6.54 Å². The summed E-state index contributed by atoms with van der Waals surface area (Å²) < 4.78 is 0. The molecule has 0 aromatic heterocycles. The Morgan fingerprint density at radius 2 is 1.30 bits per heavy atom. The van der Waals surface area contributed by atoms with Crippen LogP contribution in [0.25, 0.3) is 0 Å². The van der Waals surface area contributed by atoms with E-state index in [9.17, 15) is 24.0 Å². The van der Waals surface area contributed by atoms with Crippen molar-refractivity contribution in [2.24, 2.45) is 0 Å². The van der Waals surface area contributed by atoms with Crippen molar-refractivity contribution in [3.63, 3.8) is 0 Å². The van der Waals surface area contributed by atoms with Gasteiger partial charge < -0.3 is 20.9 Å². The molecule has 2 aromatic carbocycles. The van der Waals surface area contributed by atoms with Gasteiger partial charge in [0.15, 0.2) is 0 Å². The predicted octanol–water partition coefficient (Wildman–Crippen LogP) is 3.25. The second kappa shape index (κ2) is 16.0. The minimum absolute atomic E-state index is 0.208. The number of amides is 4. The van der Waals surface area contributed by atoms with Crippen molar-refractivity contribution in [3.8, 4) is 0 Å². The zero-order chi connectivity index (χ0) is 30.6. The first-order valence-electron chi connectivity index (χ1n) is 15.7. The molecule has 9 heteroatoms. The van der Waals surface area contributed by atoms with Gasteiger partial charge >= 0.3 is 0 Å². The molecule has 9 nitrogen and oxygen atoms in total. The first kappa shape index (κ1) is 31.9. The third-order valence-corrected chi connectivity index (χ3v) is 8.38. The van der Waals surface area contributed by atoms with Crippen LogP contribution in [0.1, 0.15) is 75.8 Å². The number of hydrogen-bond acceptors (Lipinski definition) is 5. The van der Waals surface area contributed by atoms with Gasteiger partial charge in [-0.15, -0.1) is 0 Å². The summed E-state index contributed by atoms with van der Waals surface area (Å²) in [4.78, 5) is 68.5. The van der Waals surface area contributed by atoms with Gasteiger partial charge in [-0.25, -0.2) is 0 Å². The lowest BCUT2D eigenvalue weighted by atomic mass is 9.96. The van der Waals surface area contributed by atoms with E-state index in [0.29, 0.717) is 38.6 Å². The van der Waals surface area contributed by atoms with E-state index in [4.69, 9.17) is 0 Å². The number of carbonyl (C=O) groups excluding carboxylic acids is 5. The van der Waals surface area contributed by atoms with E-state index in [1.165, 1.54) is 0 Å². The second-order valence-corrected chi connectivity index (χ2v) is 11.6. The van der Waals surface area contributed by atoms with Crippen LogP contribution >= 0.6 is 0 Å². The van der Waals surface area contributed by atoms with Crippen LogP contribution in [0.5, 0.6) is 0 Å². The van der Waals surface area contributed by atoms with E-state index in [1.807, 2.05) is 67.6 Å². The first-order chi connectivity index (χ1) is 20.9. The van der Waals surface area contributed by atoms with Crippen molar-refractivity contribution in [3.05, 3.63) is 71.8 Å². The van der Waals surface area contributed by atoms with Gasteiger partial charge in [0.25, 0.3) is 0 Å². The molecule has 0 saturated carbocycles. The SMILES string of the molecule is CCC(=O)CCCCC[C@@H]1NC(=O)[C@H]2CCCCN2C(=O)[C@H](Cc2ccccc2)NC(=O)[C@H](Cc2ccccc2)NC1=O. The monoisotopic (exact) mass is 588 g/mol. The van der Waals surface area contributed by atoms with Crippen LogP contribution in [0, 0.1) is 0 Å². The van der Waals surface area contributed by atoms with Crippen LogP contribution in [-0.2, 0) is 36.8 Å². The summed E-state index contributed by atoms with van der Waals surface area (Å²) >= 11 is 0. The van der Waals surface area contributed by atoms with Crippen LogP contribution < -0.4 is 16.0 Å². The first-order valence-corrected chi connectivity index (χ1v) is 15.7. The Kier molecular flexibility index (Phi) is 11.9. The molecule has 230 valence electrons. The summed E-state index contributed by atoms with van der Waals surface area (Å²) in [5.41, 5.74) is 1.74. The van der Waals surface area contributed by atoms with Crippen molar-refractivity contribution < 1.29 is 24.0 Å². The highest BCUT2D eigenvalue weighted by Gasteiger charge is 2.39. The van der Waals surface area contributed by atoms with Crippen LogP contribution in [-0.4, -0.2) is 65.0 Å². The standard InChI is InChI=1S/C34H44N4O5/c1-2-26(39)18-10-5-11-19-27-31(40)36-28(22-24-14-6-3-7-15-24)32(41)37-29(23-25-16-8-4-9-17-25)34(43)38-21-13-12-20-30(38)33(42)35-27/h3-4,6-9,14-17,27-30H,2,5,10-13,18-23H2,1H3,(H,35,42)(H,36,40)(H,37,41)/t27-,28-,29-,30+/m0/s1. The minimum Gasteiger partial charge on any atom is -0.343 e. The summed E-state index contributed by atoms with van der Waals surface area (Å²) in [6.07, 6.45) is 6.03. The zero-order valence-electron chi connectivity index (χ0n) is 25.1. The molecule has 2 aromatic rings. The Labute approximate surface area is 254 Å². The highest BCUT2D eigenvalue weighted by Crippen LogP contribution is 2.21. The Morgan fingerprint density at radius 3 is 1.95 bits per heavy atom. The Bertz CT molecular complexity index is 1250. The number of benzene rings is 2. The van der Waals surface area contributed by atoms with Gasteiger partial charge in [0.2, 0.25) is 23.6 Å². The molecule has 4 atom stereocenters. The molecule has 2 aliphatic heterocycles. The van der Waals surface area contributed by atoms with Crippen LogP contribution in [0.4, 0.5) is 0 Å². The van der Waals surface area contributed by atoms with Gasteiger partial charge in [-0.05, 0) is 43.2 Å². The molecule has 0 radical (unpaired) electrons. The smallest absolute Gasteiger partial charge is 0.246 e. The summed E-state index contributed by atoms with van der Waals surface area (Å²) in [7, 11) is 0. The number of unbranched alkanes of at least 4 members (excludes halogenated alkanes) is 2. The zero-order valence-corrected chi connectivity index (χ0v) is 25.1. The number of rotatable bonds is 11. The maximum absolute atomic E-state index is 14.0. The van der Waals surface area contributed by atoms with Crippen LogP contribution in [0.15, 0.2) is 60.7 Å². The lowest BCUT2D eigenvalue weighted by Gasteiger charge is -2.38. The van der Waals surface area contributed by atoms with Crippen LogP contribution in [0.2, 0.25) is 0 Å². The number of nitrogens with one attached hydrogen (secondary N) is 3. The van der Waals surface area contributed by atoms with E-state index in [0.717, 1.165) is 36.8 Å². The third kappa shape index (κ3) is 9.24. The fourth-order valence-corrected chi connectivity index (χ4v) is 5.88. The number of piperidine rings is 1. The Morgan fingerprint density at radius 1 is 0.721 bits per heavy atom. The third-order valence-electron chi connectivity index (χ3n) is 8.38. The summed E-state index contributed by atoms with van der Waals surface area (Å²) in [6.45, 7) is 2.26. The number of hydrogen-bond donors (Lipinski definition) is 3. The van der Waals surface area contributed by atoms with E-state index >= 15 is 0 Å². The number of fused-ring (bicyclic) bond motifs is 1. The lowest BCUT2D eigenvalue weighted by Crippen LogP contribution is -2.63. The fourth-order valence-electron chi connectivity index (χ4n) is 5.88. The van der Waals surface area contributed by atoms with Gasteiger partial charge in [-0.3, -0.25) is 24.0 Å². The molecule has 2 aliphatic rings. The molecule has 43 heavy (non-hydrogen) atoms. The number of nitrogens with zero attached hydrogens (tertiary/aromatic N) is 1. The highest BCUT2D eigenvalue weighted by molar-refractivity contribution is 5.97. The molecule has 2 saturated heterocycles. The molecule has 2 heterocycles. The van der Waals surface area contributed by atoms with E-state index < -0.39 is 36.0 Å². The minimum atomic E-state index is -0.945. The van der Waals surface area contributed by atoms with Crippen molar-refractivity contribution in [2.45, 2.75) is 102 Å². The number of ketones is 1. The fraction of sp³-hybridized carbons (Fsp3) is 0.500. The molecule has 3 N–H and O–H groups in total. The van der Waals surface area contributed by atoms with Gasteiger partial charge in [0.05, 0.1) is 0 Å². The number of Topliss-reactive ketones (excluding diaryl/α,β-unsaturated/α-hetero) is 1. The molecule has 0 unspecified atom stereocenters. The van der Waals surface area contributed by atoms with Gasteiger partial charge in [-0.1, -0.05) is 80.4 Å². The van der Waals surface area contributed by atoms with Crippen molar-refractivity contribution >= 4 is 29.4 Å². The second-order valence-electron chi connectivity index (χ2n) is 11.6. The Hall–Kier alpha value is -4.01. The van der Waals surface area contributed by atoms with E-state index in [1.54, 1.807) is 4.90 Å². The van der Waals surface area contributed by atoms with E-state index in [-0.39, 0.29) is 30.4 Å².